The molecule has 0 aromatic carbocycles. The molecule has 0 amide bonds. The van der Waals surface area contributed by atoms with Crippen molar-refractivity contribution in [1.29, 1.82) is 0 Å². The lowest BCUT2D eigenvalue weighted by Gasteiger charge is -2.11. The van der Waals surface area contributed by atoms with Crippen molar-refractivity contribution in [2.75, 3.05) is 13.2 Å². The van der Waals surface area contributed by atoms with Gasteiger partial charge in [-0.1, -0.05) is 32.4 Å². The summed E-state index contributed by atoms with van der Waals surface area (Å²) >= 11 is 0. The summed E-state index contributed by atoms with van der Waals surface area (Å²) < 4.78 is 9.69. The highest BCUT2D eigenvalue weighted by Crippen LogP contribution is 2.35. The van der Waals surface area contributed by atoms with Crippen LogP contribution >= 0.6 is 0 Å². The molecule has 0 radical (unpaired) electrons. The molecule has 4 heteroatoms. The van der Waals surface area contributed by atoms with Gasteiger partial charge in [0, 0.05) is 12.8 Å². The minimum Gasteiger partial charge on any atom is -0.463 e. The standard InChI is InChI=1S/C14H22O4/c1-4-12(15)18-10-13(16)17-8-6-11-5-7-14(2,3)9-11/h9H,4-8,10H2,1-3H3. The topological polar surface area (TPSA) is 52.6 Å². The maximum Gasteiger partial charge on any atom is 0.344 e. The number of hydrogen-bond acceptors (Lipinski definition) is 4. The molecule has 1 aliphatic rings. The van der Waals surface area contributed by atoms with E-state index in [1.54, 1.807) is 6.92 Å². The van der Waals surface area contributed by atoms with Gasteiger partial charge in [-0.2, -0.15) is 0 Å². The van der Waals surface area contributed by atoms with E-state index in [1.165, 1.54) is 5.57 Å². The second-order valence-electron chi connectivity index (χ2n) is 5.28. The number of hydrogen-bond donors (Lipinski definition) is 0. The van der Waals surface area contributed by atoms with E-state index in [4.69, 9.17) is 4.74 Å². The summed E-state index contributed by atoms with van der Waals surface area (Å²) in [4.78, 5) is 22.1. The lowest BCUT2D eigenvalue weighted by Crippen LogP contribution is -2.16. The lowest BCUT2D eigenvalue weighted by molar-refractivity contribution is -0.158. The Morgan fingerprint density at radius 3 is 2.56 bits per heavy atom. The zero-order valence-electron chi connectivity index (χ0n) is 11.5. The largest absolute Gasteiger partial charge is 0.463 e. The molecule has 0 saturated heterocycles. The molecule has 102 valence electrons. The molecule has 0 aliphatic heterocycles. The predicted molar refractivity (Wildman–Crippen MR) is 67.9 cm³/mol. The molecule has 0 spiro atoms. The van der Waals surface area contributed by atoms with E-state index in [0.29, 0.717) is 6.61 Å². The summed E-state index contributed by atoms with van der Waals surface area (Å²) in [6, 6.07) is 0. The van der Waals surface area contributed by atoms with Gasteiger partial charge < -0.3 is 9.47 Å². The Morgan fingerprint density at radius 1 is 1.28 bits per heavy atom. The zero-order chi connectivity index (χ0) is 13.6. The zero-order valence-corrected chi connectivity index (χ0v) is 11.5. The van der Waals surface area contributed by atoms with E-state index < -0.39 is 5.97 Å². The van der Waals surface area contributed by atoms with E-state index in [0.717, 1.165) is 19.3 Å². The molecule has 0 aromatic rings. The van der Waals surface area contributed by atoms with Gasteiger partial charge in [0.2, 0.25) is 0 Å². The van der Waals surface area contributed by atoms with Crippen LogP contribution in [0.25, 0.3) is 0 Å². The maximum absolute atomic E-state index is 11.2. The maximum atomic E-state index is 11.2. The highest BCUT2D eigenvalue weighted by atomic mass is 16.6. The van der Waals surface area contributed by atoms with E-state index in [1.807, 2.05) is 0 Å². The monoisotopic (exact) mass is 254 g/mol. The average Bonchev–Trinajstić information content (AvgIpc) is 2.66. The van der Waals surface area contributed by atoms with Gasteiger partial charge in [0.05, 0.1) is 6.61 Å². The number of carbonyl (C=O) groups excluding carboxylic acids is 2. The van der Waals surface area contributed by atoms with Crippen LogP contribution in [0.15, 0.2) is 11.6 Å². The van der Waals surface area contributed by atoms with Crippen molar-refractivity contribution in [2.45, 2.75) is 46.5 Å². The number of allylic oxidation sites excluding steroid dienone is 1. The Labute approximate surface area is 108 Å². The highest BCUT2D eigenvalue weighted by Gasteiger charge is 2.22. The van der Waals surface area contributed by atoms with Crippen molar-refractivity contribution in [3.05, 3.63) is 11.6 Å². The molecule has 4 nitrogen and oxygen atoms in total. The summed E-state index contributed by atoms with van der Waals surface area (Å²) in [6.45, 7) is 6.18. The van der Waals surface area contributed by atoms with Crippen molar-refractivity contribution in [1.82, 2.24) is 0 Å². The van der Waals surface area contributed by atoms with E-state index >= 15 is 0 Å². The van der Waals surface area contributed by atoms with Crippen LogP contribution in [0.2, 0.25) is 0 Å². The van der Waals surface area contributed by atoms with Crippen LogP contribution in [0.3, 0.4) is 0 Å². The smallest absolute Gasteiger partial charge is 0.344 e. The van der Waals surface area contributed by atoms with E-state index in [2.05, 4.69) is 24.7 Å². The minimum absolute atomic E-state index is 0.273. The SMILES string of the molecule is CCC(=O)OCC(=O)OCCC1=CC(C)(C)CC1. The van der Waals surface area contributed by atoms with Gasteiger partial charge in [0.15, 0.2) is 6.61 Å². The second kappa shape index (κ2) is 6.57. The molecule has 0 aromatic heterocycles. The molecule has 1 aliphatic carbocycles. The summed E-state index contributed by atoms with van der Waals surface area (Å²) in [5.41, 5.74) is 1.62. The van der Waals surface area contributed by atoms with Crippen LogP contribution in [0.4, 0.5) is 0 Å². The first-order valence-corrected chi connectivity index (χ1v) is 6.45. The normalized spacial score (nSPS) is 17.2. The van der Waals surface area contributed by atoms with Gasteiger partial charge in [-0.05, 0) is 18.3 Å². The Balaban J connectivity index is 2.15. The second-order valence-corrected chi connectivity index (χ2v) is 5.28. The molecule has 0 saturated carbocycles. The Bertz CT molecular complexity index is 342. The van der Waals surface area contributed by atoms with Crippen molar-refractivity contribution >= 4 is 11.9 Å². The molecule has 0 unspecified atom stereocenters. The first-order valence-electron chi connectivity index (χ1n) is 6.45. The van der Waals surface area contributed by atoms with Gasteiger partial charge >= 0.3 is 11.9 Å². The molecular formula is C14H22O4. The van der Waals surface area contributed by atoms with Gasteiger partial charge in [0.1, 0.15) is 0 Å². The quantitative estimate of drug-likeness (QED) is 0.540. The van der Waals surface area contributed by atoms with Crippen molar-refractivity contribution in [3.63, 3.8) is 0 Å². The fourth-order valence-corrected chi connectivity index (χ4v) is 1.96. The number of ether oxygens (including phenoxy) is 2. The number of carbonyl (C=O) groups is 2. The Hall–Kier alpha value is -1.32. The number of rotatable bonds is 6. The van der Waals surface area contributed by atoms with E-state index in [9.17, 15) is 9.59 Å². The molecular weight excluding hydrogens is 232 g/mol. The van der Waals surface area contributed by atoms with Crippen LogP contribution in [0.5, 0.6) is 0 Å². The van der Waals surface area contributed by atoms with Crippen LogP contribution in [0.1, 0.15) is 46.5 Å². The van der Waals surface area contributed by atoms with Crippen LogP contribution in [-0.4, -0.2) is 25.2 Å². The first kappa shape index (κ1) is 14.7. The van der Waals surface area contributed by atoms with Gasteiger partial charge in [-0.25, -0.2) is 4.79 Å². The summed E-state index contributed by atoms with van der Waals surface area (Å²) in [7, 11) is 0. The third kappa shape index (κ3) is 5.34. The predicted octanol–water partition coefficient (Wildman–Crippen LogP) is 2.62. The molecule has 0 heterocycles. The fraction of sp³-hybridized carbons (Fsp3) is 0.714. The van der Waals surface area contributed by atoms with Gasteiger partial charge in [-0.15, -0.1) is 0 Å². The van der Waals surface area contributed by atoms with Crippen LogP contribution < -0.4 is 0 Å². The molecule has 0 bridgehead atoms. The van der Waals surface area contributed by atoms with Crippen molar-refractivity contribution in [2.24, 2.45) is 5.41 Å². The summed E-state index contributed by atoms with van der Waals surface area (Å²) in [5, 5.41) is 0. The minimum atomic E-state index is -0.477. The third-order valence-electron chi connectivity index (χ3n) is 3.01. The van der Waals surface area contributed by atoms with Crippen LogP contribution in [0, 0.1) is 5.41 Å². The third-order valence-corrected chi connectivity index (χ3v) is 3.01. The summed E-state index contributed by atoms with van der Waals surface area (Å²) in [6.07, 6.45) is 5.55. The molecule has 1 rings (SSSR count). The lowest BCUT2D eigenvalue weighted by atomic mass is 9.94. The summed E-state index contributed by atoms with van der Waals surface area (Å²) in [5.74, 6) is -0.859. The Kier molecular flexibility index (Phi) is 5.38. The molecule has 0 atom stereocenters. The molecule has 18 heavy (non-hydrogen) atoms. The van der Waals surface area contributed by atoms with Crippen LogP contribution in [-0.2, 0) is 19.1 Å². The van der Waals surface area contributed by atoms with Crippen molar-refractivity contribution in [3.8, 4) is 0 Å². The van der Waals surface area contributed by atoms with Crippen molar-refractivity contribution < 1.29 is 19.1 Å². The molecule has 0 N–H and O–H groups in total. The van der Waals surface area contributed by atoms with E-state index in [-0.39, 0.29) is 24.4 Å². The number of esters is 2. The molecule has 0 fully saturated rings. The van der Waals surface area contributed by atoms with Gasteiger partial charge in [0.25, 0.3) is 0 Å². The fourth-order valence-electron chi connectivity index (χ4n) is 1.96. The Morgan fingerprint density at radius 2 is 2.00 bits per heavy atom. The first-order chi connectivity index (χ1) is 8.43. The highest BCUT2D eigenvalue weighted by molar-refractivity contribution is 5.76. The average molecular weight is 254 g/mol. The van der Waals surface area contributed by atoms with Gasteiger partial charge in [-0.3, -0.25) is 4.79 Å².